The van der Waals surface area contributed by atoms with Gasteiger partial charge in [-0.05, 0) is 36.4 Å². The van der Waals surface area contributed by atoms with E-state index in [0.717, 1.165) is 37.1 Å². The molecule has 0 radical (unpaired) electrons. The standard InChI is InChI=1S/C18H17FN6OS/c19-14-6-4-13(5-7-14)16(26)21-17-22-23-18(27-17)25-11-9-24(10-12-25)15-3-1-2-8-20-15/h1-8H,9-12H2,(H,21,22,26). The van der Waals surface area contributed by atoms with Crippen LogP contribution in [0, 0.1) is 5.82 Å². The first kappa shape index (κ1) is 17.3. The minimum absolute atomic E-state index is 0.335. The van der Waals surface area contributed by atoms with Crippen LogP contribution < -0.4 is 15.1 Å². The molecule has 1 fully saturated rings. The Morgan fingerprint density at radius 1 is 1.00 bits per heavy atom. The molecule has 1 aliphatic heterocycles. The van der Waals surface area contributed by atoms with Gasteiger partial charge in [0.1, 0.15) is 11.6 Å². The van der Waals surface area contributed by atoms with E-state index >= 15 is 0 Å². The molecule has 0 spiro atoms. The van der Waals surface area contributed by atoms with Gasteiger partial charge in [0.2, 0.25) is 10.3 Å². The maximum Gasteiger partial charge on any atom is 0.257 e. The second-order valence-electron chi connectivity index (χ2n) is 6.01. The number of hydrogen-bond acceptors (Lipinski definition) is 7. The van der Waals surface area contributed by atoms with Gasteiger partial charge in [0, 0.05) is 37.9 Å². The van der Waals surface area contributed by atoms with Crippen molar-refractivity contribution >= 4 is 33.3 Å². The van der Waals surface area contributed by atoms with Gasteiger partial charge in [0.25, 0.3) is 5.91 Å². The lowest BCUT2D eigenvalue weighted by Crippen LogP contribution is -2.46. The van der Waals surface area contributed by atoms with Crippen LogP contribution in [0.4, 0.5) is 20.5 Å². The Balaban J connectivity index is 1.36. The van der Waals surface area contributed by atoms with Crippen LogP contribution in [0.2, 0.25) is 0 Å². The van der Waals surface area contributed by atoms with Crippen LogP contribution in [0.15, 0.2) is 48.7 Å². The molecule has 2 aromatic heterocycles. The summed E-state index contributed by atoms with van der Waals surface area (Å²) in [5.74, 6) is 0.258. The molecule has 3 heterocycles. The van der Waals surface area contributed by atoms with E-state index in [1.165, 1.54) is 35.6 Å². The molecule has 4 rings (SSSR count). The van der Waals surface area contributed by atoms with Crippen molar-refractivity contribution in [1.29, 1.82) is 0 Å². The molecule has 7 nitrogen and oxygen atoms in total. The van der Waals surface area contributed by atoms with Gasteiger partial charge in [-0.15, -0.1) is 10.2 Å². The van der Waals surface area contributed by atoms with Crippen LogP contribution in [0.25, 0.3) is 0 Å². The van der Waals surface area contributed by atoms with Gasteiger partial charge in [-0.3, -0.25) is 10.1 Å². The summed E-state index contributed by atoms with van der Waals surface area (Å²) in [5.41, 5.74) is 0.372. The SMILES string of the molecule is O=C(Nc1nnc(N2CCN(c3ccccn3)CC2)s1)c1ccc(F)cc1. The minimum atomic E-state index is -0.380. The van der Waals surface area contributed by atoms with E-state index in [9.17, 15) is 9.18 Å². The highest BCUT2D eigenvalue weighted by Gasteiger charge is 2.21. The molecule has 9 heteroatoms. The van der Waals surface area contributed by atoms with Crippen LogP contribution in [0.5, 0.6) is 0 Å². The zero-order valence-corrected chi connectivity index (χ0v) is 15.2. The van der Waals surface area contributed by atoms with Crippen molar-refractivity contribution in [3.8, 4) is 0 Å². The second kappa shape index (κ2) is 7.67. The summed E-state index contributed by atoms with van der Waals surface area (Å²) in [6.07, 6.45) is 1.79. The molecule has 1 aromatic carbocycles. The van der Waals surface area contributed by atoms with Gasteiger partial charge >= 0.3 is 0 Å². The average molecular weight is 384 g/mol. The largest absolute Gasteiger partial charge is 0.353 e. The molecular weight excluding hydrogens is 367 g/mol. The Hall–Kier alpha value is -3.07. The van der Waals surface area contributed by atoms with Crippen molar-refractivity contribution in [3.05, 3.63) is 60.0 Å². The topological polar surface area (TPSA) is 74.2 Å². The Bertz CT molecular complexity index is 909. The highest BCUT2D eigenvalue weighted by Crippen LogP contribution is 2.26. The maximum absolute atomic E-state index is 13.0. The summed E-state index contributed by atoms with van der Waals surface area (Å²) in [4.78, 5) is 20.9. The third kappa shape index (κ3) is 4.03. The lowest BCUT2D eigenvalue weighted by atomic mass is 10.2. The van der Waals surface area contributed by atoms with Crippen LogP contribution in [-0.4, -0.2) is 47.3 Å². The Labute approximate surface area is 159 Å². The fourth-order valence-corrected chi connectivity index (χ4v) is 3.62. The second-order valence-corrected chi connectivity index (χ2v) is 6.97. The number of carbonyl (C=O) groups is 1. The zero-order chi connectivity index (χ0) is 18.6. The molecule has 1 saturated heterocycles. The summed E-state index contributed by atoms with van der Waals surface area (Å²) in [6.45, 7) is 3.29. The normalized spacial score (nSPS) is 14.3. The molecule has 0 saturated carbocycles. The lowest BCUT2D eigenvalue weighted by molar-refractivity contribution is 0.102. The predicted octanol–water partition coefficient (Wildman–Crippen LogP) is 2.65. The number of nitrogens with zero attached hydrogens (tertiary/aromatic N) is 5. The summed E-state index contributed by atoms with van der Waals surface area (Å²) in [5, 5.41) is 12.1. The smallest absolute Gasteiger partial charge is 0.257 e. The monoisotopic (exact) mass is 384 g/mol. The van der Waals surface area contributed by atoms with Crippen molar-refractivity contribution in [3.63, 3.8) is 0 Å². The first-order valence-corrected chi connectivity index (χ1v) is 9.32. The van der Waals surface area contributed by atoms with Crippen molar-refractivity contribution in [1.82, 2.24) is 15.2 Å². The van der Waals surface area contributed by atoms with E-state index in [0.29, 0.717) is 10.7 Å². The van der Waals surface area contributed by atoms with E-state index in [1.54, 1.807) is 6.20 Å². The first-order valence-electron chi connectivity index (χ1n) is 8.50. The number of pyridine rings is 1. The molecule has 1 amide bonds. The van der Waals surface area contributed by atoms with Gasteiger partial charge in [-0.2, -0.15) is 0 Å². The highest BCUT2D eigenvalue weighted by atomic mass is 32.1. The molecule has 0 atom stereocenters. The highest BCUT2D eigenvalue weighted by molar-refractivity contribution is 7.19. The number of rotatable bonds is 4. The fourth-order valence-electron chi connectivity index (χ4n) is 2.83. The van der Waals surface area contributed by atoms with Crippen LogP contribution in [0.1, 0.15) is 10.4 Å². The van der Waals surface area contributed by atoms with Gasteiger partial charge in [-0.1, -0.05) is 17.4 Å². The number of aromatic nitrogens is 3. The Morgan fingerprint density at radius 2 is 1.74 bits per heavy atom. The Morgan fingerprint density at radius 3 is 2.44 bits per heavy atom. The lowest BCUT2D eigenvalue weighted by Gasteiger charge is -2.34. The van der Waals surface area contributed by atoms with Gasteiger partial charge in [-0.25, -0.2) is 9.37 Å². The fraction of sp³-hybridized carbons (Fsp3) is 0.222. The predicted molar refractivity (Wildman–Crippen MR) is 103 cm³/mol. The van der Waals surface area contributed by atoms with Crippen LogP contribution >= 0.6 is 11.3 Å². The summed E-state index contributed by atoms with van der Waals surface area (Å²) in [7, 11) is 0. The van der Waals surface area contributed by atoms with E-state index in [-0.39, 0.29) is 11.7 Å². The number of amides is 1. The number of hydrogen-bond donors (Lipinski definition) is 1. The molecule has 1 aliphatic rings. The molecule has 138 valence electrons. The number of halogens is 1. The number of benzene rings is 1. The third-order valence-electron chi connectivity index (χ3n) is 4.26. The van der Waals surface area contributed by atoms with Gasteiger partial charge in [0.15, 0.2) is 0 Å². The molecule has 0 unspecified atom stereocenters. The molecular formula is C18H17FN6OS. The van der Waals surface area contributed by atoms with Crippen molar-refractivity contribution in [2.24, 2.45) is 0 Å². The van der Waals surface area contributed by atoms with Crippen molar-refractivity contribution in [2.45, 2.75) is 0 Å². The molecule has 0 bridgehead atoms. The average Bonchev–Trinajstić information content (AvgIpc) is 3.18. The van der Waals surface area contributed by atoms with Crippen molar-refractivity contribution in [2.75, 3.05) is 41.3 Å². The molecule has 3 aromatic rings. The minimum Gasteiger partial charge on any atom is -0.353 e. The van der Waals surface area contributed by atoms with Crippen LogP contribution in [0.3, 0.4) is 0 Å². The van der Waals surface area contributed by atoms with Crippen LogP contribution in [-0.2, 0) is 0 Å². The summed E-state index contributed by atoms with van der Waals surface area (Å²) < 4.78 is 13.0. The third-order valence-corrected chi connectivity index (χ3v) is 5.16. The summed E-state index contributed by atoms with van der Waals surface area (Å²) in [6, 6.07) is 11.3. The zero-order valence-electron chi connectivity index (χ0n) is 14.4. The van der Waals surface area contributed by atoms with E-state index < -0.39 is 0 Å². The van der Waals surface area contributed by atoms with Crippen molar-refractivity contribution < 1.29 is 9.18 Å². The Kier molecular flexibility index (Phi) is 4.93. The van der Waals surface area contributed by atoms with Gasteiger partial charge < -0.3 is 9.80 Å². The van der Waals surface area contributed by atoms with E-state index in [2.05, 4.69) is 30.3 Å². The van der Waals surface area contributed by atoms with E-state index in [4.69, 9.17) is 0 Å². The summed E-state index contributed by atoms with van der Waals surface area (Å²) >= 11 is 1.33. The van der Waals surface area contributed by atoms with E-state index in [1.807, 2.05) is 18.2 Å². The number of piperazine rings is 1. The molecule has 1 N–H and O–H groups in total. The number of carbonyl (C=O) groups excluding carboxylic acids is 1. The molecule has 27 heavy (non-hydrogen) atoms. The molecule has 0 aliphatic carbocycles. The number of anilines is 3. The number of nitrogens with one attached hydrogen (secondary N) is 1. The van der Waals surface area contributed by atoms with Gasteiger partial charge in [0.05, 0.1) is 0 Å². The maximum atomic E-state index is 13.0. The first-order chi connectivity index (χ1) is 13.2. The quantitative estimate of drug-likeness (QED) is 0.746.